The molecule has 3 rings (SSSR count). The van der Waals surface area contributed by atoms with Crippen molar-refractivity contribution in [3.05, 3.63) is 79.5 Å². The number of nitrogens with zero attached hydrogens (tertiary/aromatic N) is 2. The first kappa shape index (κ1) is 19.0. The van der Waals surface area contributed by atoms with E-state index in [0.717, 1.165) is 21.4 Å². The van der Waals surface area contributed by atoms with E-state index in [9.17, 15) is 4.79 Å². The quantitative estimate of drug-likeness (QED) is 0.538. The largest absolute Gasteiger partial charge is 0.321 e. The second kappa shape index (κ2) is 7.82. The van der Waals surface area contributed by atoms with Crippen LogP contribution in [0.25, 0.3) is 0 Å². The zero-order valence-corrected chi connectivity index (χ0v) is 17.3. The van der Waals surface area contributed by atoms with Crippen LogP contribution in [0.1, 0.15) is 27.3 Å². The summed E-state index contributed by atoms with van der Waals surface area (Å²) in [4.78, 5) is 12.8. The Bertz CT molecular complexity index is 985. The smallest absolute Gasteiger partial charge is 0.256 e. The average Bonchev–Trinajstić information content (AvgIpc) is 2.85. The van der Waals surface area contributed by atoms with E-state index in [1.165, 1.54) is 0 Å². The highest BCUT2D eigenvalue weighted by atomic mass is 79.9. The number of hydrogen-bond acceptors (Lipinski definition) is 2. The van der Waals surface area contributed by atoms with Gasteiger partial charge in [-0.2, -0.15) is 5.10 Å². The number of rotatable bonds is 4. The van der Waals surface area contributed by atoms with E-state index in [1.54, 1.807) is 24.3 Å². The Balaban J connectivity index is 1.90. The summed E-state index contributed by atoms with van der Waals surface area (Å²) < 4.78 is 2.85. The number of anilines is 1. The van der Waals surface area contributed by atoms with Crippen molar-refractivity contribution in [1.82, 2.24) is 9.78 Å². The number of aromatic nitrogens is 2. The number of benzene rings is 2. The van der Waals surface area contributed by atoms with Gasteiger partial charge in [-0.3, -0.25) is 9.48 Å². The van der Waals surface area contributed by atoms with Crippen molar-refractivity contribution in [2.45, 2.75) is 20.4 Å². The maximum absolute atomic E-state index is 12.8. The van der Waals surface area contributed by atoms with Crippen molar-refractivity contribution in [2.24, 2.45) is 0 Å². The standard InChI is InChI=1S/C19H16BrCl2N3O/c1-11-18(20)12(2)25(24-11)10-13-5-3-4-6-15(13)19(26)23-17-9-14(21)7-8-16(17)22/h3-9H,10H2,1-2H3,(H,23,26). The Labute approximate surface area is 170 Å². The molecule has 0 unspecified atom stereocenters. The van der Waals surface area contributed by atoms with Crippen LogP contribution in [0.4, 0.5) is 5.69 Å². The van der Waals surface area contributed by atoms with Crippen LogP contribution in [0.5, 0.6) is 0 Å². The van der Waals surface area contributed by atoms with Crippen molar-refractivity contribution in [1.29, 1.82) is 0 Å². The molecule has 4 nitrogen and oxygen atoms in total. The van der Waals surface area contributed by atoms with E-state index in [4.69, 9.17) is 23.2 Å². The fourth-order valence-electron chi connectivity index (χ4n) is 2.65. The predicted octanol–water partition coefficient (Wildman–Crippen LogP) is 5.87. The molecule has 0 aliphatic carbocycles. The summed E-state index contributed by atoms with van der Waals surface area (Å²) in [6.45, 7) is 4.41. The van der Waals surface area contributed by atoms with Gasteiger partial charge in [0, 0.05) is 10.6 Å². The second-order valence-corrected chi connectivity index (χ2v) is 7.51. The first-order chi connectivity index (χ1) is 12.4. The Morgan fingerprint density at radius 2 is 1.92 bits per heavy atom. The van der Waals surface area contributed by atoms with Crippen LogP contribution >= 0.6 is 39.1 Å². The zero-order valence-electron chi connectivity index (χ0n) is 14.2. The van der Waals surface area contributed by atoms with Gasteiger partial charge < -0.3 is 5.32 Å². The van der Waals surface area contributed by atoms with Gasteiger partial charge in [-0.15, -0.1) is 0 Å². The van der Waals surface area contributed by atoms with E-state index < -0.39 is 0 Å². The van der Waals surface area contributed by atoms with E-state index in [-0.39, 0.29) is 5.91 Å². The van der Waals surface area contributed by atoms with Crippen LogP contribution in [0.3, 0.4) is 0 Å². The fraction of sp³-hybridized carbons (Fsp3) is 0.158. The Hall–Kier alpha value is -1.82. The maximum Gasteiger partial charge on any atom is 0.256 e. The van der Waals surface area contributed by atoms with E-state index in [0.29, 0.717) is 27.8 Å². The minimum Gasteiger partial charge on any atom is -0.321 e. The van der Waals surface area contributed by atoms with Gasteiger partial charge in [0.25, 0.3) is 5.91 Å². The lowest BCUT2D eigenvalue weighted by Gasteiger charge is -2.12. The molecule has 0 spiro atoms. The van der Waals surface area contributed by atoms with Gasteiger partial charge in [-0.05, 0) is 59.6 Å². The van der Waals surface area contributed by atoms with Gasteiger partial charge in [-0.1, -0.05) is 41.4 Å². The van der Waals surface area contributed by atoms with Crippen molar-refractivity contribution in [3.63, 3.8) is 0 Å². The van der Waals surface area contributed by atoms with E-state index in [1.807, 2.05) is 36.7 Å². The number of nitrogens with one attached hydrogen (secondary N) is 1. The van der Waals surface area contributed by atoms with Crippen LogP contribution < -0.4 is 5.32 Å². The van der Waals surface area contributed by atoms with Crippen molar-refractivity contribution < 1.29 is 4.79 Å². The summed E-state index contributed by atoms with van der Waals surface area (Å²) in [7, 11) is 0. The maximum atomic E-state index is 12.8. The van der Waals surface area contributed by atoms with Gasteiger partial charge in [-0.25, -0.2) is 0 Å². The highest BCUT2D eigenvalue weighted by Crippen LogP contribution is 2.27. The average molecular weight is 453 g/mol. The van der Waals surface area contributed by atoms with E-state index >= 15 is 0 Å². The minimum atomic E-state index is -0.245. The third kappa shape index (κ3) is 3.95. The minimum absolute atomic E-state index is 0.245. The summed E-state index contributed by atoms with van der Waals surface area (Å²) in [5.41, 5.74) is 3.83. The summed E-state index contributed by atoms with van der Waals surface area (Å²) in [5, 5.41) is 8.28. The highest BCUT2D eigenvalue weighted by Gasteiger charge is 2.15. The number of carbonyl (C=O) groups excluding carboxylic acids is 1. The molecule has 1 amide bonds. The molecule has 7 heteroatoms. The summed E-state index contributed by atoms with van der Waals surface area (Å²) in [6, 6.07) is 12.4. The zero-order chi connectivity index (χ0) is 18.8. The molecule has 26 heavy (non-hydrogen) atoms. The van der Waals surface area contributed by atoms with Gasteiger partial charge in [0.15, 0.2) is 0 Å². The molecule has 0 radical (unpaired) electrons. The molecule has 0 saturated heterocycles. The molecular formula is C19H16BrCl2N3O. The Morgan fingerprint density at radius 1 is 1.19 bits per heavy atom. The molecule has 0 aliphatic heterocycles. The molecule has 1 N–H and O–H groups in total. The Morgan fingerprint density at radius 3 is 2.62 bits per heavy atom. The molecule has 134 valence electrons. The fourth-order valence-corrected chi connectivity index (χ4v) is 3.27. The molecule has 0 atom stereocenters. The van der Waals surface area contributed by atoms with Crippen LogP contribution in [0, 0.1) is 13.8 Å². The van der Waals surface area contributed by atoms with Crippen molar-refractivity contribution >= 4 is 50.7 Å². The monoisotopic (exact) mass is 451 g/mol. The lowest BCUT2D eigenvalue weighted by atomic mass is 10.1. The number of carbonyl (C=O) groups is 1. The van der Waals surface area contributed by atoms with Gasteiger partial charge in [0.05, 0.1) is 33.1 Å². The van der Waals surface area contributed by atoms with Crippen LogP contribution in [-0.4, -0.2) is 15.7 Å². The molecular weight excluding hydrogens is 437 g/mol. The molecule has 1 aromatic heterocycles. The molecule has 0 fully saturated rings. The van der Waals surface area contributed by atoms with Gasteiger partial charge in [0.2, 0.25) is 0 Å². The van der Waals surface area contributed by atoms with Crippen LogP contribution in [0.15, 0.2) is 46.9 Å². The topological polar surface area (TPSA) is 46.9 Å². The first-order valence-electron chi connectivity index (χ1n) is 7.90. The number of hydrogen-bond donors (Lipinski definition) is 1. The molecule has 0 aliphatic rings. The third-order valence-corrected chi connectivity index (χ3v) is 5.76. The lowest BCUT2D eigenvalue weighted by molar-refractivity contribution is 0.102. The molecule has 2 aromatic carbocycles. The first-order valence-corrected chi connectivity index (χ1v) is 9.45. The lowest BCUT2D eigenvalue weighted by Crippen LogP contribution is -2.16. The normalized spacial score (nSPS) is 10.8. The molecule has 0 saturated carbocycles. The van der Waals surface area contributed by atoms with Crippen LogP contribution in [0.2, 0.25) is 10.0 Å². The molecule has 1 heterocycles. The van der Waals surface area contributed by atoms with Crippen molar-refractivity contribution in [2.75, 3.05) is 5.32 Å². The Kier molecular flexibility index (Phi) is 5.70. The van der Waals surface area contributed by atoms with E-state index in [2.05, 4.69) is 26.3 Å². The summed E-state index contributed by atoms with van der Waals surface area (Å²) in [6.07, 6.45) is 0. The molecule has 3 aromatic rings. The number of halogens is 3. The summed E-state index contributed by atoms with van der Waals surface area (Å²) >= 11 is 15.7. The second-order valence-electron chi connectivity index (χ2n) is 5.88. The molecule has 0 bridgehead atoms. The van der Waals surface area contributed by atoms with Gasteiger partial charge in [0.1, 0.15) is 0 Å². The SMILES string of the molecule is Cc1nn(Cc2ccccc2C(=O)Nc2cc(Cl)ccc2Cl)c(C)c1Br. The highest BCUT2D eigenvalue weighted by molar-refractivity contribution is 9.10. The third-order valence-electron chi connectivity index (χ3n) is 4.05. The van der Waals surface area contributed by atoms with Crippen LogP contribution in [-0.2, 0) is 6.54 Å². The number of amides is 1. The van der Waals surface area contributed by atoms with Gasteiger partial charge >= 0.3 is 0 Å². The van der Waals surface area contributed by atoms with Crippen molar-refractivity contribution in [3.8, 4) is 0 Å². The number of aryl methyl sites for hydroxylation is 1. The predicted molar refractivity (Wildman–Crippen MR) is 109 cm³/mol. The summed E-state index contributed by atoms with van der Waals surface area (Å²) in [5.74, 6) is -0.245.